The average Bonchev–Trinajstić information content (AvgIpc) is 2.91. The molecule has 0 saturated carbocycles. The summed E-state index contributed by atoms with van der Waals surface area (Å²) in [5.41, 5.74) is 1.07. The molecule has 1 amide bonds. The van der Waals surface area contributed by atoms with Crippen molar-refractivity contribution in [2.24, 2.45) is 5.92 Å². The zero-order chi connectivity index (χ0) is 11.7. The monoisotopic (exact) mass is 249 g/mol. The fourth-order valence-electron chi connectivity index (χ4n) is 2.35. The smallest absolute Gasteiger partial charge is 0.232 e. The van der Waals surface area contributed by atoms with Gasteiger partial charge in [-0.1, -0.05) is 12.1 Å². The van der Waals surface area contributed by atoms with E-state index >= 15 is 0 Å². The van der Waals surface area contributed by atoms with E-state index in [1.165, 1.54) is 4.90 Å². The van der Waals surface area contributed by atoms with Gasteiger partial charge in [-0.05, 0) is 18.6 Å². The molecule has 4 heteroatoms. The van der Waals surface area contributed by atoms with E-state index in [-0.39, 0.29) is 11.8 Å². The second kappa shape index (κ2) is 4.70. The Balaban J connectivity index is 1.86. The van der Waals surface area contributed by atoms with Gasteiger partial charge in [0.1, 0.15) is 0 Å². The number of hydrogen-bond donors (Lipinski definition) is 0. The third kappa shape index (κ3) is 2.07. The predicted octanol–water partition coefficient (Wildman–Crippen LogP) is 2.16. The molecule has 2 aliphatic heterocycles. The lowest BCUT2D eigenvalue weighted by atomic mass is 10.1. The number of amides is 1. The van der Waals surface area contributed by atoms with Gasteiger partial charge in [0.25, 0.3) is 0 Å². The normalized spacial score (nSPS) is 23.5. The highest BCUT2D eigenvalue weighted by Crippen LogP contribution is 2.35. The van der Waals surface area contributed by atoms with Crippen LogP contribution in [0.5, 0.6) is 0 Å². The van der Waals surface area contributed by atoms with Crippen LogP contribution < -0.4 is 4.90 Å². The van der Waals surface area contributed by atoms with Crippen molar-refractivity contribution in [3.63, 3.8) is 0 Å². The minimum absolute atomic E-state index is 0.0613. The molecule has 2 heterocycles. The van der Waals surface area contributed by atoms with Crippen LogP contribution in [-0.2, 0) is 9.53 Å². The van der Waals surface area contributed by atoms with Crippen molar-refractivity contribution in [3.8, 4) is 0 Å². The quantitative estimate of drug-likeness (QED) is 0.764. The zero-order valence-electron chi connectivity index (χ0n) is 9.59. The van der Waals surface area contributed by atoms with Crippen molar-refractivity contribution in [1.82, 2.24) is 0 Å². The Hall–Kier alpha value is -1.00. The molecule has 1 aromatic rings. The summed E-state index contributed by atoms with van der Waals surface area (Å²) in [7, 11) is 0. The molecule has 90 valence electrons. The van der Waals surface area contributed by atoms with Gasteiger partial charge in [-0.15, -0.1) is 11.8 Å². The van der Waals surface area contributed by atoms with E-state index in [1.807, 2.05) is 34.9 Å². The average molecular weight is 249 g/mol. The first-order valence-corrected chi connectivity index (χ1v) is 6.96. The summed E-state index contributed by atoms with van der Waals surface area (Å²) in [4.78, 5) is 15.5. The molecule has 17 heavy (non-hydrogen) atoms. The first-order valence-electron chi connectivity index (χ1n) is 5.97. The number of ether oxygens (including phenoxy) is 1. The van der Waals surface area contributed by atoms with Gasteiger partial charge < -0.3 is 9.64 Å². The molecule has 3 nitrogen and oxygen atoms in total. The zero-order valence-corrected chi connectivity index (χ0v) is 10.4. The van der Waals surface area contributed by atoms with Crippen LogP contribution in [0.3, 0.4) is 0 Å². The van der Waals surface area contributed by atoms with E-state index in [0.717, 1.165) is 31.0 Å². The Morgan fingerprint density at radius 2 is 2.29 bits per heavy atom. The number of hydrogen-bond acceptors (Lipinski definition) is 3. The van der Waals surface area contributed by atoms with Gasteiger partial charge in [-0.2, -0.15) is 0 Å². The van der Waals surface area contributed by atoms with Crippen molar-refractivity contribution in [2.75, 3.05) is 30.4 Å². The van der Waals surface area contributed by atoms with Crippen LogP contribution in [0.25, 0.3) is 0 Å². The Labute approximate surface area is 105 Å². The molecule has 1 saturated heterocycles. The minimum atomic E-state index is 0.0613. The lowest BCUT2D eigenvalue weighted by Crippen LogP contribution is -2.39. The summed E-state index contributed by atoms with van der Waals surface area (Å²) >= 11 is 1.83. The molecule has 0 bridgehead atoms. The van der Waals surface area contributed by atoms with Crippen LogP contribution >= 0.6 is 11.8 Å². The maximum absolute atomic E-state index is 12.4. The SMILES string of the molecule is O=C(C1CCOC1)N1CCSc2ccccc21. The molecule has 0 aliphatic carbocycles. The number of benzene rings is 1. The van der Waals surface area contributed by atoms with Crippen LogP contribution in [0, 0.1) is 5.92 Å². The fourth-order valence-corrected chi connectivity index (χ4v) is 3.34. The summed E-state index contributed by atoms with van der Waals surface area (Å²) in [6.45, 7) is 2.13. The molecule has 1 atom stereocenters. The van der Waals surface area contributed by atoms with Crippen LogP contribution in [-0.4, -0.2) is 31.4 Å². The predicted molar refractivity (Wildman–Crippen MR) is 68.4 cm³/mol. The summed E-state index contributed by atoms with van der Waals surface area (Å²) in [5, 5.41) is 0. The third-order valence-electron chi connectivity index (χ3n) is 3.27. The molecule has 0 aromatic heterocycles. The molecule has 1 aromatic carbocycles. The summed E-state index contributed by atoms with van der Waals surface area (Å²) in [6, 6.07) is 8.15. The number of carbonyl (C=O) groups excluding carboxylic acids is 1. The summed E-state index contributed by atoms with van der Waals surface area (Å²) < 4.78 is 5.30. The number of para-hydroxylation sites is 1. The van der Waals surface area contributed by atoms with Gasteiger partial charge in [0.05, 0.1) is 18.2 Å². The molecule has 1 fully saturated rings. The summed E-state index contributed by atoms with van der Waals surface area (Å²) in [5.74, 6) is 1.28. The van der Waals surface area contributed by atoms with Gasteiger partial charge in [0, 0.05) is 23.8 Å². The lowest BCUT2D eigenvalue weighted by Gasteiger charge is -2.30. The van der Waals surface area contributed by atoms with E-state index < -0.39 is 0 Å². The van der Waals surface area contributed by atoms with E-state index in [1.54, 1.807) is 0 Å². The number of anilines is 1. The number of carbonyl (C=O) groups is 1. The number of rotatable bonds is 1. The highest BCUT2D eigenvalue weighted by atomic mass is 32.2. The van der Waals surface area contributed by atoms with Gasteiger partial charge in [-0.3, -0.25) is 4.79 Å². The number of nitrogens with zero attached hydrogens (tertiary/aromatic N) is 1. The van der Waals surface area contributed by atoms with Crippen molar-refractivity contribution < 1.29 is 9.53 Å². The molecule has 0 radical (unpaired) electrons. The lowest BCUT2D eigenvalue weighted by molar-refractivity contribution is -0.122. The first kappa shape index (κ1) is 11.1. The Kier molecular flexibility index (Phi) is 3.07. The van der Waals surface area contributed by atoms with Crippen LogP contribution in [0.15, 0.2) is 29.2 Å². The fraction of sp³-hybridized carbons (Fsp3) is 0.462. The molecule has 0 N–H and O–H groups in total. The Morgan fingerprint density at radius 1 is 1.41 bits per heavy atom. The maximum atomic E-state index is 12.4. The van der Waals surface area contributed by atoms with Crippen LogP contribution in [0.4, 0.5) is 5.69 Å². The molecule has 2 aliphatic rings. The van der Waals surface area contributed by atoms with E-state index in [0.29, 0.717) is 6.61 Å². The van der Waals surface area contributed by atoms with E-state index in [9.17, 15) is 4.79 Å². The third-order valence-corrected chi connectivity index (χ3v) is 4.32. The molecule has 3 rings (SSSR count). The van der Waals surface area contributed by atoms with Crippen molar-refractivity contribution >= 4 is 23.4 Å². The largest absolute Gasteiger partial charge is 0.381 e. The van der Waals surface area contributed by atoms with Gasteiger partial charge in [-0.25, -0.2) is 0 Å². The highest BCUT2D eigenvalue weighted by molar-refractivity contribution is 7.99. The van der Waals surface area contributed by atoms with Gasteiger partial charge >= 0.3 is 0 Å². The van der Waals surface area contributed by atoms with Crippen LogP contribution in [0.2, 0.25) is 0 Å². The van der Waals surface area contributed by atoms with Crippen LogP contribution in [0.1, 0.15) is 6.42 Å². The Bertz CT molecular complexity index is 429. The minimum Gasteiger partial charge on any atom is -0.381 e. The van der Waals surface area contributed by atoms with Crippen molar-refractivity contribution in [2.45, 2.75) is 11.3 Å². The van der Waals surface area contributed by atoms with Crippen molar-refractivity contribution in [1.29, 1.82) is 0 Å². The first-order chi connectivity index (χ1) is 8.36. The summed E-state index contributed by atoms with van der Waals surface area (Å²) in [6.07, 6.45) is 0.866. The molecule has 1 unspecified atom stereocenters. The molecular weight excluding hydrogens is 234 g/mol. The second-order valence-electron chi connectivity index (χ2n) is 4.37. The highest BCUT2D eigenvalue weighted by Gasteiger charge is 2.31. The topological polar surface area (TPSA) is 29.5 Å². The van der Waals surface area contributed by atoms with Gasteiger partial charge in [0.15, 0.2) is 0 Å². The van der Waals surface area contributed by atoms with Gasteiger partial charge in [0.2, 0.25) is 5.91 Å². The molecular formula is C13H15NO2S. The number of fused-ring (bicyclic) bond motifs is 1. The standard InChI is InChI=1S/C13H15NO2S/c15-13(10-5-7-16-9-10)14-6-8-17-12-4-2-1-3-11(12)14/h1-4,10H,5-9H2. The van der Waals surface area contributed by atoms with Crippen molar-refractivity contribution in [3.05, 3.63) is 24.3 Å². The maximum Gasteiger partial charge on any atom is 0.232 e. The number of thioether (sulfide) groups is 1. The van der Waals surface area contributed by atoms with E-state index in [4.69, 9.17) is 4.74 Å². The molecule has 0 spiro atoms. The Morgan fingerprint density at radius 3 is 3.12 bits per heavy atom. The van der Waals surface area contributed by atoms with E-state index in [2.05, 4.69) is 6.07 Å². The second-order valence-corrected chi connectivity index (χ2v) is 5.50.